The molecule has 2 aliphatic rings. The van der Waals surface area contributed by atoms with E-state index in [0.29, 0.717) is 32.2 Å². The van der Waals surface area contributed by atoms with Crippen molar-refractivity contribution in [3.8, 4) is 0 Å². The van der Waals surface area contributed by atoms with E-state index in [4.69, 9.17) is 4.74 Å². The lowest BCUT2D eigenvalue weighted by molar-refractivity contribution is -0.123. The van der Waals surface area contributed by atoms with Crippen molar-refractivity contribution in [2.75, 3.05) is 13.2 Å². The van der Waals surface area contributed by atoms with E-state index >= 15 is 0 Å². The van der Waals surface area contributed by atoms with Crippen LogP contribution in [0.2, 0.25) is 0 Å². The summed E-state index contributed by atoms with van der Waals surface area (Å²) in [4.78, 5) is 19.4. The molecule has 0 bridgehead atoms. The molecule has 1 atom stereocenters. The van der Waals surface area contributed by atoms with Gasteiger partial charge in [-0.15, -0.1) is 0 Å². The van der Waals surface area contributed by atoms with Crippen LogP contribution in [-0.4, -0.2) is 41.2 Å². The Hall–Kier alpha value is -1.40. The summed E-state index contributed by atoms with van der Waals surface area (Å²) in [6.07, 6.45) is 7.62. The summed E-state index contributed by atoms with van der Waals surface area (Å²) < 4.78 is 5.73. The molecule has 2 heterocycles. The number of amides is 1. The first-order valence-electron chi connectivity index (χ1n) is 7.47. The van der Waals surface area contributed by atoms with E-state index in [-0.39, 0.29) is 11.9 Å². The van der Waals surface area contributed by atoms with Crippen LogP contribution in [0.25, 0.3) is 0 Å². The summed E-state index contributed by atoms with van der Waals surface area (Å²) >= 11 is 0. The van der Waals surface area contributed by atoms with E-state index in [1.165, 1.54) is 25.7 Å². The molecule has 3 N–H and O–H groups in total. The Morgan fingerprint density at radius 3 is 3.15 bits per heavy atom. The van der Waals surface area contributed by atoms with Gasteiger partial charge in [0.1, 0.15) is 0 Å². The van der Waals surface area contributed by atoms with Crippen LogP contribution in [0.4, 0.5) is 0 Å². The summed E-state index contributed by atoms with van der Waals surface area (Å²) in [5.74, 6) is 0.0358. The quantitative estimate of drug-likeness (QED) is 0.685. The smallest absolute Gasteiger partial charge is 0.237 e. The maximum absolute atomic E-state index is 12.1. The second-order valence-corrected chi connectivity index (χ2v) is 5.53. The van der Waals surface area contributed by atoms with Crippen LogP contribution in [-0.2, 0) is 22.5 Å². The molecule has 0 aromatic carbocycles. The first-order chi connectivity index (χ1) is 9.83. The number of hydrogen-bond donors (Lipinski definition) is 3. The van der Waals surface area contributed by atoms with E-state index in [1.807, 2.05) is 0 Å². The van der Waals surface area contributed by atoms with Gasteiger partial charge in [-0.2, -0.15) is 0 Å². The Bertz CT molecular complexity index is 454. The van der Waals surface area contributed by atoms with Gasteiger partial charge in [-0.05, 0) is 12.8 Å². The molecule has 1 aliphatic heterocycles. The third kappa shape index (κ3) is 3.19. The zero-order valence-electron chi connectivity index (χ0n) is 11.7. The SMILES string of the molecule is O=C(NCCOC1CCCC1)C1Cc2nc[nH]c2CN1. The number of ether oxygens (including phenoxy) is 1. The molecule has 1 unspecified atom stereocenters. The standard InChI is InChI=1S/C14H22N4O2/c19-14(15-5-6-20-10-3-1-2-4-10)12-7-11-13(8-16-12)18-9-17-11/h9-10,12,16H,1-8H2,(H,15,19)(H,17,18). The first-order valence-corrected chi connectivity index (χ1v) is 7.47. The van der Waals surface area contributed by atoms with Crippen LogP contribution in [0, 0.1) is 0 Å². The van der Waals surface area contributed by atoms with Gasteiger partial charge in [0.2, 0.25) is 5.91 Å². The lowest BCUT2D eigenvalue weighted by atomic mass is 10.0. The number of hydrogen-bond acceptors (Lipinski definition) is 4. The molecule has 20 heavy (non-hydrogen) atoms. The van der Waals surface area contributed by atoms with Gasteiger partial charge in [0.15, 0.2) is 0 Å². The number of rotatable bonds is 5. The minimum atomic E-state index is -0.183. The predicted octanol–water partition coefficient (Wildman–Crippen LogP) is 0.499. The number of H-pyrrole nitrogens is 1. The monoisotopic (exact) mass is 278 g/mol. The third-order valence-electron chi connectivity index (χ3n) is 4.10. The van der Waals surface area contributed by atoms with Gasteiger partial charge in [0.25, 0.3) is 0 Å². The maximum atomic E-state index is 12.1. The number of nitrogens with zero attached hydrogens (tertiary/aromatic N) is 1. The van der Waals surface area contributed by atoms with Gasteiger partial charge in [0, 0.05) is 19.5 Å². The Morgan fingerprint density at radius 1 is 1.45 bits per heavy atom. The van der Waals surface area contributed by atoms with E-state index < -0.39 is 0 Å². The van der Waals surface area contributed by atoms with E-state index in [2.05, 4.69) is 20.6 Å². The maximum Gasteiger partial charge on any atom is 0.237 e. The second kappa shape index (κ2) is 6.37. The van der Waals surface area contributed by atoms with Gasteiger partial charge >= 0.3 is 0 Å². The molecule has 1 aromatic rings. The first kappa shape index (κ1) is 13.6. The molecule has 1 fully saturated rings. The molecular weight excluding hydrogens is 256 g/mol. The Morgan fingerprint density at radius 2 is 2.30 bits per heavy atom. The number of aromatic nitrogens is 2. The van der Waals surface area contributed by atoms with Gasteiger partial charge in [-0.3, -0.25) is 10.1 Å². The number of nitrogens with one attached hydrogen (secondary N) is 3. The fourth-order valence-electron chi connectivity index (χ4n) is 2.93. The van der Waals surface area contributed by atoms with Gasteiger partial charge in [-0.25, -0.2) is 4.98 Å². The minimum Gasteiger partial charge on any atom is -0.376 e. The Kier molecular flexibility index (Phi) is 4.32. The lowest BCUT2D eigenvalue weighted by Crippen LogP contribution is -2.48. The van der Waals surface area contributed by atoms with Crippen LogP contribution < -0.4 is 10.6 Å². The summed E-state index contributed by atoms with van der Waals surface area (Å²) in [7, 11) is 0. The van der Waals surface area contributed by atoms with Crippen molar-refractivity contribution in [1.29, 1.82) is 0 Å². The van der Waals surface area contributed by atoms with Crippen molar-refractivity contribution >= 4 is 5.91 Å². The molecule has 0 radical (unpaired) electrons. The fraction of sp³-hybridized carbons (Fsp3) is 0.714. The van der Waals surface area contributed by atoms with E-state index in [9.17, 15) is 4.79 Å². The third-order valence-corrected chi connectivity index (χ3v) is 4.10. The highest BCUT2D eigenvalue weighted by molar-refractivity contribution is 5.82. The topological polar surface area (TPSA) is 79.0 Å². The summed E-state index contributed by atoms with van der Waals surface area (Å²) in [6, 6.07) is -0.183. The van der Waals surface area contributed by atoms with Crippen molar-refractivity contribution in [2.24, 2.45) is 0 Å². The highest BCUT2D eigenvalue weighted by Gasteiger charge is 2.25. The molecule has 1 aliphatic carbocycles. The van der Waals surface area contributed by atoms with Gasteiger partial charge in [0.05, 0.1) is 36.5 Å². The zero-order valence-corrected chi connectivity index (χ0v) is 11.7. The number of fused-ring (bicyclic) bond motifs is 1. The number of carbonyl (C=O) groups is 1. The molecule has 1 aromatic heterocycles. The summed E-state index contributed by atoms with van der Waals surface area (Å²) in [6.45, 7) is 1.86. The summed E-state index contributed by atoms with van der Waals surface area (Å²) in [5.41, 5.74) is 2.07. The highest BCUT2D eigenvalue weighted by atomic mass is 16.5. The average molecular weight is 278 g/mol. The molecule has 1 amide bonds. The molecular formula is C14H22N4O2. The van der Waals surface area contributed by atoms with Crippen molar-refractivity contribution in [3.05, 3.63) is 17.7 Å². The Labute approximate surface area is 118 Å². The Balaban J connectivity index is 1.37. The molecule has 0 saturated heterocycles. The molecule has 6 heteroatoms. The number of carbonyl (C=O) groups excluding carboxylic acids is 1. The van der Waals surface area contributed by atoms with Crippen molar-refractivity contribution in [3.63, 3.8) is 0 Å². The van der Waals surface area contributed by atoms with Gasteiger partial charge < -0.3 is 15.0 Å². The normalized spacial score (nSPS) is 22.7. The van der Waals surface area contributed by atoms with Crippen molar-refractivity contribution in [1.82, 2.24) is 20.6 Å². The molecule has 0 spiro atoms. The van der Waals surface area contributed by atoms with Crippen molar-refractivity contribution in [2.45, 2.75) is 50.8 Å². The van der Waals surface area contributed by atoms with Crippen LogP contribution in [0.3, 0.4) is 0 Å². The fourth-order valence-corrected chi connectivity index (χ4v) is 2.93. The largest absolute Gasteiger partial charge is 0.376 e. The minimum absolute atomic E-state index is 0.0358. The van der Waals surface area contributed by atoms with Crippen LogP contribution >= 0.6 is 0 Å². The lowest BCUT2D eigenvalue weighted by Gasteiger charge is -2.22. The molecule has 110 valence electrons. The van der Waals surface area contributed by atoms with Crippen LogP contribution in [0.15, 0.2) is 6.33 Å². The predicted molar refractivity (Wildman–Crippen MR) is 74.1 cm³/mol. The van der Waals surface area contributed by atoms with Crippen LogP contribution in [0.5, 0.6) is 0 Å². The van der Waals surface area contributed by atoms with E-state index in [0.717, 1.165) is 11.4 Å². The molecule has 1 saturated carbocycles. The second-order valence-electron chi connectivity index (χ2n) is 5.53. The van der Waals surface area contributed by atoms with Crippen molar-refractivity contribution < 1.29 is 9.53 Å². The van der Waals surface area contributed by atoms with Crippen LogP contribution in [0.1, 0.15) is 37.1 Å². The number of imidazole rings is 1. The summed E-state index contributed by atoms with van der Waals surface area (Å²) in [5, 5.41) is 6.15. The average Bonchev–Trinajstić information content (AvgIpc) is 3.13. The van der Waals surface area contributed by atoms with E-state index in [1.54, 1.807) is 6.33 Å². The number of aromatic amines is 1. The zero-order chi connectivity index (χ0) is 13.8. The highest BCUT2D eigenvalue weighted by Crippen LogP contribution is 2.20. The molecule has 6 nitrogen and oxygen atoms in total. The molecule has 3 rings (SSSR count). The van der Waals surface area contributed by atoms with Gasteiger partial charge in [-0.1, -0.05) is 12.8 Å².